The third-order valence-electron chi connectivity index (χ3n) is 3.91. The third-order valence-corrected chi connectivity index (χ3v) is 3.91. The summed E-state index contributed by atoms with van der Waals surface area (Å²) in [5.41, 5.74) is 0.280. The molecular formula is C14H18F2N2. The second kappa shape index (κ2) is 4.94. The monoisotopic (exact) mass is 252 g/mol. The minimum atomic E-state index is -0.398. The summed E-state index contributed by atoms with van der Waals surface area (Å²) in [5.74, 6) is -0.370. The largest absolute Gasteiger partial charge is 0.314 e. The minimum Gasteiger partial charge on any atom is -0.314 e. The Bertz CT molecular complexity index is 406. The normalized spacial score (nSPS) is 23.0. The number of benzene rings is 1. The summed E-state index contributed by atoms with van der Waals surface area (Å²) in [6, 6.07) is 4.11. The Morgan fingerprint density at radius 3 is 2.28 bits per heavy atom. The van der Waals surface area contributed by atoms with Crippen molar-refractivity contribution < 1.29 is 8.78 Å². The van der Waals surface area contributed by atoms with Gasteiger partial charge in [-0.2, -0.15) is 0 Å². The van der Waals surface area contributed by atoms with Crippen molar-refractivity contribution in [2.45, 2.75) is 18.9 Å². The van der Waals surface area contributed by atoms with Crippen LogP contribution in [0.4, 0.5) is 8.78 Å². The fraction of sp³-hybridized carbons (Fsp3) is 0.571. The maximum atomic E-state index is 14.0. The first-order valence-electron chi connectivity index (χ1n) is 6.66. The topological polar surface area (TPSA) is 15.3 Å². The van der Waals surface area contributed by atoms with E-state index >= 15 is 0 Å². The summed E-state index contributed by atoms with van der Waals surface area (Å²) in [6.07, 6.45) is 2.17. The number of hydrogen-bond acceptors (Lipinski definition) is 2. The minimum absolute atomic E-state index is 0.0756. The number of nitrogens with one attached hydrogen (secondary N) is 1. The van der Waals surface area contributed by atoms with Crippen LogP contribution in [-0.4, -0.2) is 31.1 Å². The molecule has 4 heteroatoms. The molecule has 1 saturated carbocycles. The molecule has 2 fully saturated rings. The van der Waals surface area contributed by atoms with Crippen molar-refractivity contribution in [3.05, 3.63) is 35.4 Å². The molecule has 0 aromatic heterocycles. The molecule has 0 bridgehead atoms. The molecule has 1 aliphatic heterocycles. The van der Waals surface area contributed by atoms with Gasteiger partial charge < -0.3 is 5.32 Å². The van der Waals surface area contributed by atoms with Crippen LogP contribution in [0.3, 0.4) is 0 Å². The van der Waals surface area contributed by atoms with Gasteiger partial charge in [0.15, 0.2) is 0 Å². The molecule has 1 aromatic rings. The first-order valence-corrected chi connectivity index (χ1v) is 6.66. The standard InChI is InChI=1S/C14H18F2N2/c15-11-2-1-3-12(16)13(11)14(10-4-5-10)18-8-6-17-7-9-18/h1-3,10,14,17H,4-9H2/t14-/m0/s1. The van der Waals surface area contributed by atoms with E-state index in [0.717, 1.165) is 39.0 Å². The van der Waals surface area contributed by atoms with Gasteiger partial charge in [0.05, 0.1) is 0 Å². The van der Waals surface area contributed by atoms with Crippen LogP contribution in [-0.2, 0) is 0 Å². The third kappa shape index (κ3) is 2.27. The molecule has 0 amide bonds. The lowest BCUT2D eigenvalue weighted by atomic mass is 9.98. The van der Waals surface area contributed by atoms with Gasteiger partial charge >= 0.3 is 0 Å². The van der Waals surface area contributed by atoms with Crippen molar-refractivity contribution in [1.82, 2.24) is 10.2 Å². The van der Waals surface area contributed by atoms with E-state index in [9.17, 15) is 8.78 Å². The van der Waals surface area contributed by atoms with Crippen LogP contribution in [0.5, 0.6) is 0 Å². The predicted molar refractivity (Wildman–Crippen MR) is 66.3 cm³/mol. The lowest BCUT2D eigenvalue weighted by Gasteiger charge is -2.35. The van der Waals surface area contributed by atoms with E-state index < -0.39 is 11.6 Å². The highest BCUT2D eigenvalue weighted by Gasteiger charge is 2.39. The molecule has 0 spiro atoms. The van der Waals surface area contributed by atoms with Crippen molar-refractivity contribution in [2.75, 3.05) is 26.2 Å². The Morgan fingerprint density at radius 1 is 1.11 bits per heavy atom. The molecule has 1 aromatic carbocycles. The lowest BCUT2D eigenvalue weighted by Crippen LogP contribution is -2.46. The second-order valence-electron chi connectivity index (χ2n) is 5.20. The Labute approximate surface area is 106 Å². The summed E-state index contributed by atoms with van der Waals surface area (Å²) in [4.78, 5) is 2.23. The lowest BCUT2D eigenvalue weighted by molar-refractivity contribution is 0.149. The predicted octanol–water partition coefficient (Wildman–Crippen LogP) is 2.32. The van der Waals surface area contributed by atoms with Crippen LogP contribution in [0, 0.1) is 17.6 Å². The van der Waals surface area contributed by atoms with E-state index in [1.165, 1.54) is 18.2 Å². The molecule has 3 rings (SSSR count). The van der Waals surface area contributed by atoms with Crippen LogP contribution in [0.15, 0.2) is 18.2 Å². The molecule has 0 unspecified atom stereocenters. The zero-order valence-electron chi connectivity index (χ0n) is 10.3. The molecular weight excluding hydrogens is 234 g/mol. The summed E-state index contributed by atoms with van der Waals surface area (Å²) in [6.45, 7) is 3.54. The average molecular weight is 252 g/mol. The summed E-state index contributed by atoms with van der Waals surface area (Å²) in [5, 5.41) is 3.28. The summed E-state index contributed by atoms with van der Waals surface area (Å²) in [7, 11) is 0. The highest BCUT2D eigenvalue weighted by Crippen LogP contribution is 2.45. The fourth-order valence-corrected chi connectivity index (χ4v) is 2.88. The Morgan fingerprint density at radius 2 is 1.72 bits per heavy atom. The molecule has 1 heterocycles. The number of piperazine rings is 1. The smallest absolute Gasteiger partial charge is 0.130 e. The van der Waals surface area contributed by atoms with Crippen molar-refractivity contribution in [3.8, 4) is 0 Å². The van der Waals surface area contributed by atoms with Crippen LogP contribution >= 0.6 is 0 Å². The Hall–Kier alpha value is -1.00. The summed E-state index contributed by atoms with van der Waals surface area (Å²) >= 11 is 0. The SMILES string of the molecule is Fc1cccc(F)c1[C@H](C1CC1)N1CCNCC1. The number of rotatable bonds is 3. The van der Waals surface area contributed by atoms with Gasteiger partial charge in [0.25, 0.3) is 0 Å². The van der Waals surface area contributed by atoms with Gasteiger partial charge in [-0.05, 0) is 30.9 Å². The average Bonchev–Trinajstić information content (AvgIpc) is 3.19. The molecule has 18 heavy (non-hydrogen) atoms. The zero-order chi connectivity index (χ0) is 12.5. The first kappa shape index (κ1) is 12.1. The number of nitrogens with zero attached hydrogens (tertiary/aromatic N) is 1. The molecule has 1 atom stereocenters. The molecule has 1 aliphatic carbocycles. The molecule has 1 saturated heterocycles. The van der Waals surface area contributed by atoms with Gasteiger partial charge in [0.2, 0.25) is 0 Å². The number of halogens is 2. The Balaban J connectivity index is 1.93. The quantitative estimate of drug-likeness (QED) is 0.888. The van der Waals surface area contributed by atoms with Crippen molar-refractivity contribution in [2.24, 2.45) is 5.92 Å². The van der Waals surface area contributed by atoms with Crippen LogP contribution in [0.2, 0.25) is 0 Å². The Kier molecular flexibility index (Phi) is 3.31. The molecule has 98 valence electrons. The van der Waals surface area contributed by atoms with Gasteiger partial charge in [-0.1, -0.05) is 6.07 Å². The highest BCUT2D eigenvalue weighted by atomic mass is 19.1. The maximum Gasteiger partial charge on any atom is 0.130 e. The van der Waals surface area contributed by atoms with Crippen molar-refractivity contribution in [1.29, 1.82) is 0 Å². The van der Waals surface area contributed by atoms with Crippen LogP contribution < -0.4 is 5.32 Å². The van der Waals surface area contributed by atoms with Crippen LogP contribution in [0.1, 0.15) is 24.4 Å². The van der Waals surface area contributed by atoms with E-state index in [4.69, 9.17) is 0 Å². The van der Waals surface area contributed by atoms with E-state index in [-0.39, 0.29) is 11.6 Å². The second-order valence-corrected chi connectivity index (χ2v) is 5.20. The van der Waals surface area contributed by atoms with E-state index in [0.29, 0.717) is 5.92 Å². The fourth-order valence-electron chi connectivity index (χ4n) is 2.88. The van der Waals surface area contributed by atoms with E-state index in [2.05, 4.69) is 10.2 Å². The zero-order valence-corrected chi connectivity index (χ0v) is 10.3. The van der Waals surface area contributed by atoms with Gasteiger partial charge in [-0.3, -0.25) is 4.90 Å². The highest BCUT2D eigenvalue weighted by molar-refractivity contribution is 5.25. The van der Waals surface area contributed by atoms with Crippen molar-refractivity contribution >= 4 is 0 Å². The molecule has 0 radical (unpaired) electrons. The van der Waals surface area contributed by atoms with Gasteiger partial charge in [-0.25, -0.2) is 8.78 Å². The molecule has 2 nitrogen and oxygen atoms in total. The maximum absolute atomic E-state index is 14.0. The molecule has 1 N–H and O–H groups in total. The van der Waals surface area contributed by atoms with E-state index in [1.807, 2.05) is 0 Å². The van der Waals surface area contributed by atoms with Gasteiger partial charge in [0.1, 0.15) is 11.6 Å². The van der Waals surface area contributed by atoms with Gasteiger partial charge in [-0.15, -0.1) is 0 Å². The molecule has 2 aliphatic rings. The van der Waals surface area contributed by atoms with Gasteiger partial charge in [0, 0.05) is 37.8 Å². The number of hydrogen-bond donors (Lipinski definition) is 1. The van der Waals surface area contributed by atoms with E-state index in [1.54, 1.807) is 0 Å². The van der Waals surface area contributed by atoms with Crippen LogP contribution in [0.25, 0.3) is 0 Å². The summed E-state index contributed by atoms with van der Waals surface area (Å²) < 4.78 is 27.9. The van der Waals surface area contributed by atoms with Crippen molar-refractivity contribution in [3.63, 3.8) is 0 Å². The first-order chi connectivity index (χ1) is 8.77.